The third-order valence-electron chi connectivity index (χ3n) is 3.06. The molecule has 0 saturated carbocycles. The summed E-state index contributed by atoms with van der Waals surface area (Å²) in [5, 5.41) is 0. The van der Waals surface area contributed by atoms with E-state index in [1.807, 2.05) is 13.0 Å². The van der Waals surface area contributed by atoms with Crippen molar-refractivity contribution in [1.29, 1.82) is 0 Å². The van der Waals surface area contributed by atoms with Crippen LogP contribution in [0.4, 0.5) is 0 Å². The molecule has 0 spiro atoms. The Balaban J connectivity index is 0. The third-order valence-corrected chi connectivity index (χ3v) is 3.06. The molecule has 0 fully saturated rings. The molecule has 1 radical (unpaired) electrons. The van der Waals surface area contributed by atoms with E-state index in [2.05, 4.69) is 33.8 Å². The topological polar surface area (TPSA) is 0 Å². The van der Waals surface area contributed by atoms with Crippen LogP contribution >= 0.6 is 0 Å². The van der Waals surface area contributed by atoms with Gasteiger partial charge in [-0.25, -0.2) is 11.6 Å². The van der Waals surface area contributed by atoms with Gasteiger partial charge in [0.25, 0.3) is 0 Å². The summed E-state index contributed by atoms with van der Waals surface area (Å²) in [6.07, 6.45) is 8.07. The Morgan fingerprint density at radius 3 is 2.29 bits per heavy atom. The monoisotopic (exact) mass is 307 g/mol. The van der Waals surface area contributed by atoms with Gasteiger partial charge in [-0.3, -0.25) is 6.58 Å². The van der Waals surface area contributed by atoms with E-state index >= 15 is 0 Å². The van der Waals surface area contributed by atoms with Gasteiger partial charge in [0, 0.05) is 32.7 Å². The first-order valence-corrected chi connectivity index (χ1v) is 6.11. The largest absolute Gasteiger partial charge is 0.346 e. The summed E-state index contributed by atoms with van der Waals surface area (Å²) in [6.45, 7) is 19.5. The summed E-state index contributed by atoms with van der Waals surface area (Å²) >= 11 is 0. The van der Waals surface area contributed by atoms with E-state index in [-0.39, 0.29) is 32.7 Å². The Kier molecular flexibility index (Phi) is 10.7. The molecule has 0 heterocycles. The van der Waals surface area contributed by atoms with Crippen LogP contribution in [0.1, 0.15) is 53.9 Å². The molecule has 0 aromatic carbocycles. The normalized spacial score (nSPS) is 18.2. The number of hydrogen-bond acceptors (Lipinski definition) is 0. The van der Waals surface area contributed by atoms with Crippen molar-refractivity contribution >= 4 is 0 Å². The van der Waals surface area contributed by atoms with Gasteiger partial charge in [-0.15, -0.1) is 6.08 Å². The Morgan fingerprint density at radius 2 is 1.88 bits per heavy atom. The molecule has 0 bridgehead atoms. The average Bonchev–Trinajstić information content (AvgIpc) is 2.18. The van der Waals surface area contributed by atoms with Gasteiger partial charge in [0.15, 0.2) is 0 Å². The molecule has 0 nitrogen and oxygen atoms in total. The SMILES string of the molecule is [CH-]=C(C)/C=C/C1=C(C)CCCC1(C)C.[CH2-]C.[Y]. The zero-order valence-corrected chi connectivity index (χ0v) is 15.0. The third kappa shape index (κ3) is 6.72. The van der Waals surface area contributed by atoms with Gasteiger partial charge in [-0.1, -0.05) is 31.9 Å². The average molecular weight is 307 g/mol. The van der Waals surface area contributed by atoms with E-state index in [4.69, 9.17) is 6.58 Å². The summed E-state index contributed by atoms with van der Waals surface area (Å²) in [5.41, 5.74) is 4.22. The van der Waals surface area contributed by atoms with Crippen LogP contribution in [0.2, 0.25) is 0 Å². The maximum Gasteiger partial charge on any atom is 0 e. The zero-order valence-electron chi connectivity index (χ0n) is 12.1. The van der Waals surface area contributed by atoms with E-state index in [0.29, 0.717) is 5.41 Å². The molecule has 17 heavy (non-hydrogen) atoms. The summed E-state index contributed by atoms with van der Waals surface area (Å²) in [7, 11) is 0. The summed E-state index contributed by atoms with van der Waals surface area (Å²) < 4.78 is 0. The van der Waals surface area contributed by atoms with Crippen molar-refractivity contribution in [2.24, 2.45) is 5.41 Å². The zero-order chi connectivity index (χ0) is 12.8. The standard InChI is InChI=1S/C14H21.C2H5.Y/c1-11(2)8-9-13-12(3)7-6-10-14(13,4)5;1-2;/h1,8-9H,6-7,10H2,2-5H3;1H2,2H3;/q2*-1;/b9-8+;;. The minimum Gasteiger partial charge on any atom is -0.346 e. The second kappa shape index (κ2) is 9.28. The van der Waals surface area contributed by atoms with Crippen LogP contribution in [0.15, 0.2) is 28.9 Å². The smallest absolute Gasteiger partial charge is 0 e. The fraction of sp³-hybridized carbons (Fsp3) is 0.562. The van der Waals surface area contributed by atoms with Crippen LogP contribution in [0, 0.1) is 18.9 Å². The van der Waals surface area contributed by atoms with E-state index in [9.17, 15) is 0 Å². The first-order chi connectivity index (χ1) is 7.43. The minimum absolute atomic E-state index is 0. The molecule has 1 aliphatic rings. The molecule has 0 atom stereocenters. The van der Waals surface area contributed by atoms with Gasteiger partial charge in [-0.05, 0) is 31.6 Å². The Hall–Kier alpha value is 0.324. The molecule has 1 rings (SSSR count). The molecular formula is C16H26Y-2. The summed E-state index contributed by atoms with van der Waals surface area (Å²) in [6, 6.07) is 0. The predicted octanol–water partition coefficient (Wildman–Crippen LogP) is 5.29. The number of rotatable bonds is 2. The summed E-state index contributed by atoms with van der Waals surface area (Å²) in [5.74, 6) is 0. The van der Waals surface area contributed by atoms with Crippen LogP contribution < -0.4 is 0 Å². The van der Waals surface area contributed by atoms with Gasteiger partial charge in [0.05, 0.1) is 0 Å². The number of allylic oxidation sites excluding steroid dienone is 5. The molecule has 95 valence electrons. The van der Waals surface area contributed by atoms with Crippen LogP contribution in [0.3, 0.4) is 0 Å². The van der Waals surface area contributed by atoms with E-state index in [1.165, 1.54) is 30.4 Å². The molecule has 0 unspecified atom stereocenters. The second-order valence-electron chi connectivity index (χ2n) is 5.01. The molecule has 0 N–H and O–H groups in total. The molecule has 0 aliphatic heterocycles. The van der Waals surface area contributed by atoms with Crippen molar-refractivity contribution in [3.05, 3.63) is 42.4 Å². The molecule has 0 amide bonds. The maximum absolute atomic E-state index is 5.65. The molecular weight excluding hydrogens is 281 g/mol. The minimum atomic E-state index is 0. The molecule has 0 saturated heterocycles. The first-order valence-electron chi connectivity index (χ1n) is 6.11. The van der Waals surface area contributed by atoms with Crippen molar-refractivity contribution < 1.29 is 32.7 Å². The van der Waals surface area contributed by atoms with E-state index in [1.54, 1.807) is 6.92 Å². The van der Waals surface area contributed by atoms with Crippen molar-refractivity contribution in [1.82, 2.24) is 0 Å². The van der Waals surface area contributed by atoms with Crippen molar-refractivity contribution in [3.63, 3.8) is 0 Å². The van der Waals surface area contributed by atoms with Crippen LogP contribution in [-0.4, -0.2) is 0 Å². The molecule has 0 aromatic rings. The van der Waals surface area contributed by atoms with Crippen molar-refractivity contribution in [2.45, 2.75) is 53.9 Å². The van der Waals surface area contributed by atoms with Gasteiger partial charge >= 0.3 is 0 Å². The molecule has 1 aliphatic carbocycles. The van der Waals surface area contributed by atoms with E-state index in [0.717, 1.165) is 5.57 Å². The fourth-order valence-corrected chi connectivity index (χ4v) is 2.23. The van der Waals surface area contributed by atoms with Gasteiger partial charge in [-0.2, -0.15) is 6.92 Å². The Bertz CT molecular complexity index is 293. The van der Waals surface area contributed by atoms with Crippen molar-refractivity contribution in [3.8, 4) is 0 Å². The quantitative estimate of drug-likeness (QED) is 0.480. The summed E-state index contributed by atoms with van der Waals surface area (Å²) in [4.78, 5) is 0. The van der Waals surface area contributed by atoms with Gasteiger partial charge in [0.1, 0.15) is 0 Å². The maximum atomic E-state index is 5.65. The first kappa shape index (κ1) is 19.7. The van der Waals surface area contributed by atoms with Crippen LogP contribution in [0.25, 0.3) is 0 Å². The fourth-order valence-electron chi connectivity index (χ4n) is 2.23. The second-order valence-corrected chi connectivity index (χ2v) is 5.01. The molecule has 1 heteroatoms. The van der Waals surface area contributed by atoms with Crippen LogP contribution in [0.5, 0.6) is 0 Å². The number of hydrogen-bond donors (Lipinski definition) is 0. The Labute approximate surface area is 134 Å². The van der Waals surface area contributed by atoms with Gasteiger partial charge in [0.2, 0.25) is 0 Å². The Morgan fingerprint density at radius 1 is 1.35 bits per heavy atom. The predicted molar refractivity (Wildman–Crippen MR) is 74.0 cm³/mol. The van der Waals surface area contributed by atoms with Gasteiger partial charge < -0.3 is 6.92 Å². The van der Waals surface area contributed by atoms with Crippen LogP contribution in [-0.2, 0) is 32.7 Å². The van der Waals surface area contributed by atoms with Crippen molar-refractivity contribution in [2.75, 3.05) is 0 Å². The molecule has 0 aromatic heterocycles. The van der Waals surface area contributed by atoms with E-state index < -0.39 is 0 Å².